The topological polar surface area (TPSA) is 39.7 Å². The second-order valence-corrected chi connectivity index (χ2v) is 6.15. The molecule has 25 heavy (non-hydrogen) atoms. The van der Waals surface area contributed by atoms with Crippen LogP contribution in [-0.2, 0) is 13.0 Å². The van der Waals surface area contributed by atoms with E-state index >= 15 is 0 Å². The maximum absolute atomic E-state index is 6.11. The van der Waals surface area contributed by atoms with E-state index in [1.54, 1.807) is 14.2 Å². The molecule has 0 saturated heterocycles. The normalized spacial score (nSPS) is 10.6. The lowest BCUT2D eigenvalue weighted by atomic mass is 10.1. The highest BCUT2D eigenvalue weighted by molar-refractivity contribution is 6.30. The zero-order valence-electron chi connectivity index (χ0n) is 15.1. The van der Waals surface area contributed by atoms with E-state index < -0.39 is 0 Å². The molecule has 2 rings (SSSR count). The summed E-state index contributed by atoms with van der Waals surface area (Å²) >= 11 is 6.11. The zero-order valence-corrected chi connectivity index (χ0v) is 15.9. The average Bonchev–Trinajstić information content (AvgIpc) is 2.64. The molecule has 4 nitrogen and oxygen atoms in total. The first-order valence-electron chi connectivity index (χ1n) is 8.50. The molecule has 2 aromatic rings. The molecular formula is C20H26ClNO3. The lowest BCUT2D eigenvalue weighted by molar-refractivity contribution is 0.313. The number of benzene rings is 2. The SMILES string of the molecule is CCCOc1ccc(Cl)cc1CNCCc1ccc(OC)c(OC)c1. The van der Waals surface area contributed by atoms with Gasteiger partial charge in [0.2, 0.25) is 0 Å². The molecule has 0 radical (unpaired) electrons. The van der Waals surface area contributed by atoms with Crippen LogP contribution in [0.3, 0.4) is 0 Å². The smallest absolute Gasteiger partial charge is 0.160 e. The van der Waals surface area contributed by atoms with Crippen molar-refractivity contribution in [3.63, 3.8) is 0 Å². The van der Waals surface area contributed by atoms with E-state index in [1.165, 1.54) is 5.56 Å². The lowest BCUT2D eigenvalue weighted by Crippen LogP contribution is -2.17. The second kappa shape index (κ2) is 10.2. The molecule has 0 atom stereocenters. The summed E-state index contributed by atoms with van der Waals surface area (Å²) in [5.41, 5.74) is 2.27. The van der Waals surface area contributed by atoms with E-state index in [1.807, 2.05) is 30.3 Å². The van der Waals surface area contributed by atoms with Crippen LogP contribution in [-0.4, -0.2) is 27.4 Å². The highest BCUT2D eigenvalue weighted by Crippen LogP contribution is 2.27. The first-order chi connectivity index (χ1) is 12.2. The molecule has 0 aliphatic heterocycles. The molecular weight excluding hydrogens is 338 g/mol. The van der Waals surface area contributed by atoms with E-state index in [0.29, 0.717) is 13.2 Å². The van der Waals surface area contributed by atoms with Crippen LogP contribution >= 0.6 is 11.6 Å². The average molecular weight is 364 g/mol. The van der Waals surface area contributed by atoms with Crippen molar-refractivity contribution >= 4 is 11.6 Å². The van der Waals surface area contributed by atoms with E-state index in [9.17, 15) is 0 Å². The van der Waals surface area contributed by atoms with Gasteiger partial charge in [0.25, 0.3) is 0 Å². The Bertz CT molecular complexity index is 676. The Labute approximate surface area is 155 Å². The third-order valence-corrected chi connectivity index (χ3v) is 4.07. The molecule has 0 aromatic heterocycles. The molecule has 0 fully saturated rings. The van der Waals surface area contributed by atoms with Gasteiger partial charge in [0.05, 0.1) is 20.8 Å². The van der Waals surface area contributed by atoms with Crippen LogP contribution in [0, 0.1) is 0 Å². The van der Waals surface area contributed by atoms with E-state index in [2.05, 4.69) is 18.3 Å². The van der Waals surface area contributed by atoms with Gasteiger partial charge in [-0.15, -0.1) is 0 Å². The molecule has 0 unspecified atom stereocenters. The Morgan fingerprint density at radius 1 is 0.960 bits per heavy atom. The molecule has 0 aliphatic rings. The summed E-state index contributed by atoms with van der Waals surface area (Å²) in [6.45, 7) is 4.36. The molecule has 0 heterocycles. The van der Waals surface area contributed by atoms with Crippen molar-refractivity contribution in [2.24, 2.45) is 0 Å². The van der Waals surface area contributed by atoms with Crippen LogP contribution in [0.2, 0.25) is 5.02 Å². The van der Waals surface area contributed by atoms with Gasteiger partial charge < -0.3 is 19.5 Å². The number of ether oxygens (including phenoxy) is 3. The predicted molar refractivity (Wildman–Crippen MR) is 102 cm³/mol. The van der Waals surface area contributed by atoms with Crippen LogP contribution < -0.4 is 19.5 Å². The van der Waals surface area contributed by atoms with Gasteiger partial charge in [-0.05, 0) is 55.3 Å². The maximum atomic E-state index is 6.11. The summed E-state index contributed by atoms with van der Waals surface area (Å²) in [6.07, 6.45) is 1.88. The monoisotopic (exact) mass is 363 g/mol. The summed E-state index contributed by atoms with van der Waals surface area (Å²) in [5, 5.41) is 4.17. The summed E-state index contributed by atoms with van der Waals surface area (Å²) < 4.78 is 16.4. The number of hydrogen-bond acceptors (Lipinski definition) is 4. The minimum absolute atomic E-state index is 0.709. The fourth-order valence-corrected chi connectivity index (χ4v) is 2.73. The Kier molecular flexibility index (Phi) is 7.89. The third-order valence-electron chi connectivity index (χ3n) is 3.84. The standard InChI is InChI=1S/C20H26ClNO3/c1-4-11-25-18-8-6-17(21)13-16(18)14-22-10-9-15-5-7-19(23-2)20(12-15)24-3/h5-8,12-13,22H,4,9-11,14H2,1-3H3. The molecule has 0 spiro atoms. The summed E-state index contributed by atoms with van der Waals surface area (Å²) in [4.78, 5) is 0. The van der Waals surface area contributed by atoms with Crippen LogP contribution in [0.5, 0.6) is 17.2 Å². The van der Waals surface area contributed by atoms with Crippen LogP contribution in [0.25, 0.3) is 0 Å². The largest absolute Gasteiger partial charge is 0.493 e. The van der Waals surface area contributed by atoms with Gasteiger partial charge >= 0.3 is 0 Å². The highest BCUT2D eigenvalue weighted by atomic mass is 35.5. The molecule has 136 valence electrons. The Morgan fingerprint density at radius 3 is 2.44 bits per heavy atom. The zero-order chi connectivity index (χ0) is 18.1. The number of halogens is 1. The number of rotatable bonds is 10. The van der Waals surface area contributed by atoms with E-state index in [4.69, 9.17) is 25.8 Å². The summed E-state index contributed by atoms with van der Waals surface area (Å²) in [7, 11) is 3.29. The van der Waals surface area contributed by atoms with Gasteiger partial charge in [0, 0.05) is 17.1 Å². The molecule has 2 aromatic carbocycles. The van der Waals surface area contributed by atoms with Crippen LogP contribution in [0.1, 0.15) is 24.5 Å². The molecule has 0 saturated carbocycles. The summed E-state index contributed by atoms with van der Waals surface area (Å²) in [5.74, 6) is 2.39. The van der Waals surface area contributed by atoms with Gasteiger partial charge in [-0.25, -0.2) is 0 Å². The van der Waals surface area contributed by atoms with Crippen molar-refractivity contribution in [3.05, 3.63) is 52.5 Å². The Morgan fingerprint density at radius 2 is 1.72 bits per heavy atom. The van der Waals surface area contributed by atoms with Crippen molar-refractivity contribution in [2.75, 3.05) is 27.4 Å². The Balaban J connectivity index is 1.90. The van der Waals surface area contributed by atoms with Gasteiger partial charge in [0.15, 0.2) is 11.5 Å². The molecule has 0 amide bonds. The quantitative estimate of drug-likeness (QED) is 0.632. The first-order valence-corrected chi connectivity index (χ1v) is 8.88. The van der Waals surface area contributed by atoms with Crippen molar-refractivity contribution in [2.45, 2.75) is 26.3 Å². The van der Waals surface area contributed by atoms with Gasteiger partial charge in [-0.2, -0.15) is 0 Å². The van der Waals surface area contributed by atoms with Crippen molar-refractivity contribution in [3.8, 4) is 17.2 Å². The molecule has 5 heteroatoms. The molecule has 0 bridgehead atoms. The third kappa shape index (κ3) is 5.83. The maximum Gasteiger partial charge on any atom is 0.160 e. The minimum atomic E-state index is 0.709. The highest BCUT2D eigenvalue weighted by Gasteiger charge is 2.06. The van der Waals surface area contributed by atoms with Gasteiger partial charge in [-0.1, -0.05) is 24.6 Å². The minimum Gasteiger partial charge on any atom is -0.493 e. The second-order valence-electron chi connectivity index (χ2n) is 5.72. The number of methoxy groups -OCH3 is 2. The number of hydrogen-bond donors (Lipinski definition) is 1. The van der Waals surface area contributed by atoms with Gasteiger partial charge in [0.1, 0.15) is 5.75 Å². The predicted octanol–water partition coefficient (Wildman–Crippen LogP) is 4.48. The van der Waals surface area contributed by atoms with Crippen LogP contribution in [0.15, 0.2) is 36.4 Å². The Hall–Kier alpha value is -1.91. The van der Waals surface area contributed by atoms with Crippen molar-refractivity contribution in [1.29, 1.82) is 0 Å². The van der Waals surface area contributed by atoms with Crippen LogP contribution in [0.4, 0.5) is 0 Å². The number of nitrogens with one attached hydrogen (secondary N) is 1. The van der Waals surface area contributed by atoms with Crippen molar-refractivity contribution < 1.29 is 14.2 Å². The summed E-state index contributed by atoms with van der Waals surface area (Å²) in [6, 6.07) is 11.7. The van der Waals surface area contributed by atoms with Crippen molar-refractivity contribution in [1.82, 2.24) is 5.32 Å². The van der Waals surface area contributed by atoms with Gasteiger partial charge in [-0.3, -0.25) is 0 Å². The van der Waals surface area contributed by atoms with E-state index in [0.717, 1.165) is 47.2 Å². The fraction of sp³-hybridized carbons (Fsp3) is 0.400. The molecule has 0 aliphatic carbocycles. The van der Waals surface area contributed by atoms with E-state index in [-0.39, 0.29) is 0 Å². The molecule has 1 N–H and O–H groups in total. The fourth-order valence-electron chi connectivity index (χ4n) is 2.53. The first kappa shape index (κ1) is 19.4. The lowest BCUT2D eigenvalue weighted by Gasteiger charge is -2.13.